The second-order valence-electron chi connectivity index (χ2n) is 3.98. The number of hydrogen-bond donors (Lipinski definition) is 0. The summed E-state index contributed by atoms with van der Waals surface area (Å²) in [6.07, 6.45) is 0. The summed E-state index contributed by atoms with van der Waals surface area (Å²) in [7, 11) is 0. The van der Waals surface area contributed by atoms with Gasteiger partial charge in [0.2, 0.25) is 0 Å². The van der Waals surface area contributed by atoms with Gasteiger partial charge in [-0.3, -0.25) is 0 Å². The molecule has 0 bridgehead atoms. The van der Waals surface area contributed by atoms with Gasteiger partial charge in [0.05, 0.1) is 0 Å². The van der Waals surface area contributed by atoms with E-state index in [4.69, 9.17) is 46.4 Å². The second kappa shape index (κ2) is 2.39. The van der Waals surface area contributed by atoms with Crippen LogP contribution in [0.3, 0.4) is 0 Å². The molecule has 0 nitrogen and oxygen atoms in total. The summed E-state index contributed by atoms with van der Waals surface area (Å²) >= 11 is 24.5. The van der Waals surface area contributed by atoms with Gasteiger partial charge in [-0.05, 0) is 11.8 Å². The molecule has 2 fully saturated rings. The average Bonchev–Trinajstić information content (AvgIpc) is 2.42. The Labute approximate surface area is 92.5 Å². The van der Waals surface area contributed by atoms with Gasteiger partial charge in [-0.1, -0.05) is 13.8 Å². The van der Waals surface area contributed by atoms with Crippen molar-refractivity contribution in [1.82, 2.24) is 0 Å². The Bertz CT molecular complexity index is 199. The van der Waals surface area contributed by atoms with Gasteiger partial charge in [-0.15, -0.1) is 46.4 Å². The molecule has 0 spiro atoms. The molecule has 4 unspecified atom stereocenters. The molecule has 4 atom stereocenters. The van der Waals surface area contributed by atoms with Crippen LogP contribution in [0.25, 0.3) is 0 Å². The van der Waals surface area contributed by atoms with Gasteiger partial charge in [0, 0.05) is 11.8 Å². The third-order valence-corrected chi connectivity index (χ3v) is 5.84. The fraction of sp³-hybridized carbons (Fsp3) is 1.00. The first-order valence-corrected chi connectivity index (χ1v) is 5.58. The lowest BCUT2D eigenvalue weighted by molar-refractivity contribution is 0.421. The van der Waals surface area contributed by atoms with Crippen molar-refractivity contribution in [2.45, 2.75) is 22.5 Å². The number of rotatable bonds is 0. The summed E-state index contributed by atoms with van der Waals surface area (Å²) < 4.78 is -1.20. The Morgan fingerprint density at radius 1 is 0.750 bits per heavy atom. The van der Waals surface area contributed by atoms with Crippen LogP contribution < -0.4 is 0 Å². The van der Waals surface area contributed by atoms with Gasteiger partial charge in [-0.25, -0.2) is 0 Å². The maximum absolute atomic E-state index is 6.17. The van der Waals surface area contributed by atoms with Crippen LogP contribution in [0.4, 0.5) is 0 Å². The monoisotopic (exact) mass is 246 g/mol. The third kappa shape index (κ3) is 0.932. The Balaban J connectivity index is 2.28. The molecule has 0 amide bonds. The molecule has 0 radical (unpaired) electrons. The van der Waals surface area contributed by atoms with Crippen molar-refractivity contribution in [1.29, 1.82) is 0 Å². The molecule has 4 heteroatoms. The number of halogens is 4. The number of alkyl halides is 4. The first-order valence-electron chi connectivity index (χ1n) is 4.07. The molecule has 2 saturated carbocycles. The van der Waals surface area contributed by atoms with Crippen LogP contribution in [0, 0.1) is 23.7 Å². The summed E-state index contributed by atoms with van der Waals surface area (Å²) in [5.41, 5.74) is 0. The molecular weight excluding hydrogens is 238 g/mol. The fourth-order valence-electron chi connectivity index (χ4n) is 2.56. The molecule has 0 heterocycles. The van der Waals surface area contributed by atoms with Crippen molar-refractivity contribution < 1.29 is 0 Å². The molecule has 0 N–H and O–H groups in total. The van der Waals surface area contributed by atoms with E-state index in [0.717, 1.165) is 0 Å². The van der Waals surface area contributed by atoms with Gasteiger partial charge >= 0.3 is 0 Å². The average molecular weight is 248 g/mol. The van der Waals surface area contributed by atoms with E-state index in [1.54, 1.807) is 0 Å². The summed E-state index contributed by atoms with van der Waals surface area (Å²) in [5, 5.41) is 0. The highest BCUT2D eigenvalue weighted by atomic mass is 35.5. The SMILES string of the molecule is CC1C2C(C(C)C1(Cl)Cl)C2(Cl)Cl. The number of hydrogen-bond acceptors (Lipinski definition) is 0. The predicted molar refractivity (Wildman–Crippen MR) is 54.2 cm³/mol. The van der Waals surface area contributed by atoms with Crippen molar-refractivity contribution in [2.24, 2.45) is 23.7 Å². The molecule has 2 aliphatic rings. The molecular formula is C8H10Cl4. The van der Waals surface area contributed by atoms with Crippen molar-refractivity contribution in [2.75, 3.05) is 0 Å². The summed E-state index contributed by atoms with van der Waals surface area (Å²) in [5.74, 6) is 0.948. The predicted octanol–water partition coefficient (Wildman–Crippen LogP) is 3.87. The molecule has 2 aliphatic carbocycles. The molecule has 0 aliphatic heterocycles. The topological polar surface area (TPSA) is 0 Å². The molecule has 0 aromatic carbocycles. The van der Waals surface area contributed by atoms with Gasteiger partial charge in [0.15, 0.2) is 0 Å². The van der Waals surface area contributed by atoms with E-state index < -0.39 is 8.67 Å². The normalized spacial score (nSPS) is 53.5. The van der Waals surface area contributed by atoms with Crippen LogP contribution in [-0.4, -0.2) is 8.67 Å². The highest BCUT2D eigenvalue weighted by Gasteiger charge is 2.77. The van der Waals surface area contributed by atoms with E-state index in [0.29, 0.717) is 0 Å². The zero-order valence-corrected chi connectivity index (χ0v) is 9.84. The standard InChI is InChI=1S/C8H10Cl4/c1-3-5-6(8(5,11)12)4(2)7(3,9)10/h3-6H,1-2H3. The minimum Gasteiger partial charge on any atom is -0.101 e. The zero-order chi connectivity index (χ0) is 9.31. The molecule has 0 aromatic rings. The number of fused-ring (bicyclic) bond motifs is 1. The van der Waals surface area contributed by atoms with E-state index in [2.05, 4.69) is 0 Å². The Morgan fingerprint density at radius 3 is 1.33 bits per heavy atom. The summed E-state index contributed by atoms with van der Waals surface area (Å²) in [4.78, 5) is 0. The van der Waals surface area contributed by atoms with Crippen molar-refractivity contribution in [3.63, 3.8) is 0 Å². The third-order valence-electron chi connectivity index (χ3n) is 3.46. The van der Waals surface area contributed by atoms with Crippen LogP contribution in [0.15, 0.2) is 0 Å². The van der Waals surface area contributed by atoms with E-state index in [-0.39, 0.29) is 23.7 Å². The van der Waals surface area contributed by atoms with E-state index in [9.17, 15) is 0 Å². The van der Waals surface area contributed by atoms with Gasteiger partial charge in [0.1, 0.15) is 8.67 Å². The van der Waals surface area contributed by atoms with Crippen molar-refractivity contribution in [3.8, 4) is 0 Å². The Kier molecular flexibility index (Phi) is 1.93. The molecule has 12 heavy (non-hydrogen) atoms. The maximum atomic E-state index is 6.17. The molecule has 0 aromatic heterocycles. The summed E-state index contributed by atoms with van der Waals surface area (Å²) in [6.45, 7) is 4.04. The molecule has 0 saturated heterocycles. The Hall–Kier alpha value is 1.16. The van der Waals surface area contributed by atoms with Crippen LogP contribution in [0.2, 0.25) is 0 Å². The van der Waals surface area contributed by atoms with Gasteiger partial charge in [-0.2, -0.15) is 0 Å². The van der Waals surface area contributed by atoms with E-state index in [1.807, 2.05) is 13.8 Å². The second-order valence-corrected chi connectivity index (χ2v) is 6.87. The smallest absolute Gasteiger partial charge is 0.101 e. The first kappa shape index (κ1) is 9.71. The maximum Gasteiger partial charge on any atom is 0.125 e. The highest BCUT2D eigenvalue weighted by molar-refractivity contribution is 6.53. The molecule has 2 rings (SSSR count). The van der Waals surface area contributed by atoms with E-state index >= 15 is 0 Å². The van der Waals surface area contributed by atoms with Gasteiger partial charge in [0.25, 0.3) is 0 Å². The molecule has 70 valence electrons. The van der Waals surface area contributed by atoms with Crippen molar-refractivity contribution in [3.05, 3.63) is 0 Å². The van der Waals surface area contributed by atoms with Crippen LogP contribution in [0.5, 0.6) is 0 Å². The zero-order valence-electron chi connectivity index (χ0n) is 6.82. The van der Waals surface area contributed by atoms with E-state index in [1.165, 1.54) is 0 Å². The van der Waals surface area contributed by atoms with Crippen LogP contribution >= 0.6 is 46.4 Å². The van der Waals surface area contributed by atoms with Crippen LogP contribution in [-0.2, 0) is 0 Å². The quantitative estimate of drug-likeness (QED) is 0.571. The van der Waals surface area contributed by atoms with Crippen LogP contribution in [0.1, 0.15) is 13.8 Å². The van der Waals surface area contributed by atoms with Gasteiger partial charge < -0.3 is 0 Å². The Morgan fingerprint density at radius 2 is 1.08 bits per heavy atom. The minimum atomic E-state index is -0.636. The highest BCUT2D eigenvalue weighted by Crippen LogP contribution is 2.75. The fourth-order valence-corrected chi connectivity index (χ4v) is 4.27. The minimum absolute atomic E-state index is 0.191. The van der Waals surface area contributed by atoms with Crippen molar-refractivity contribution >= 4 is 46.4 Å². The lowest BCUT2D eigenvalue weighted by Gasteiger charge is -2.29. The lowest BCUT2D eigenvalue weighted by atomic mass is 9.99. The lowest BCUT2D eigenvalue weighted by Crippen LogP contribution is -2.31. The largest absolute Gasteiger partial charge is 0.125 e. The first-order chi connectivity index (χ1) is 5.31. The summed E-state index contributed by atoms with van der Waals surface area (Å²) in [6, 6.07) is 0.